The number of aliphatic hydroxyl groups is 1. The molecule has 1 aliphatic carbocycles. The fourth-order valence-electron chi connectivity index (χ4n) is 5.15. The lowest BCUT2D eigenvalue weighted by Gasteiger charge is -2.46. The molecule has 1 fully saturated rings. The molecule has 2 heterocycles. The molecule has 0 amide bonds. The van der Waals surface area contributed by atoms with Crippen LogP contribution in [-0.2, 0) is 5.41 Å². The van der Waals surface area contributed by atoms with Crippen molar-refractivity contribution in [2.75, 3.05) is 6.61 Å². The van der Waals surface area contributed by atoms with Crippen molar-refractivity contribution in [1.82, 2.24) is 9.78 Å². The number of hydrogen-bond acceptors (Lipinski definition) is 4. The second-order valence-electron chi connectivity index (χ2n) is 8.69. The van der Waals surface area contributed by atoms with Gasteiger partial charge >= 0.3 is 6.18 Å². The van der Waals surface area contributed by atoms with Crippen molar-refractivity contribution in [3.05, 3.63) is 52.4 Å². The maximum Gasteiger partial charge on any atom is 0.417 e. The largest absolute Gasteiger partial charge is 0.492 e. The van der Waals surface area contributed by atoms with Gasteiger partial charge in [-0.3, -0.25) is 0 Å². The van der Waals surface area contributed by atoms with E-state index in [9.17, 15) is 27.9 Å². The van der Waals surface area contributed by atoms with Crippen molar-refractivity contribution < 1.29 is 27.4 Å². The van der Waals surface area contributed by atoms with E-state index in [4.69, 9.17) is 4.74 Å². The Morgan fingerprint density at radius 2 is 1.97 bits per heavy atom. The van der Waals surface area contributed by atoms with Crippen LogP contribution in [0.25, 0.3) is 16.6 Å². The molecule has 3 aromatic rings. The predicted octanol–water partition coefficient (Wildman–Crippen LogP) is 5.56. The molecule has 5 nitrogen and oxygen atoms in total. The third-order valence-corrected chi connectivity index (χ3v) is 7.69. The van der Waals surface area contributed by atoms with Crippen LogP contribution in [0.1, 0.15) is 31.2 Å². The van der Waals surface area contributed by atoms with E-state index in [-0.39, 0.29) is 25.3 Å². The van der Waals surface area contributed by atoms with E-state index in [1.54, 1.807) is 29.1 Å². The molecule has 0 bridgehead atoms. The SMILES string of the molecule is N#C[C@]12CC[C@@](O)(C(F)(F)F)C[C@@H]1CCOc1c2cc2cnn(-c3ccc(F)cc3)c2c1Br. The van der Waals surface area contributed by atoms with Gasteiger partial charge in [-0.1, -0.05) is 0 Å². The number of fused-ring (bicyclic) bond motifs is 4. The Balaban J connectivity index is 1.67. The van der Waals surface area contributed by atoms with Crippen LogP contribution >= 0.6 is 15.9 Å². The van der Waals surface area contributed by atoms with Crippen LogP contribution in [0, 0.1) is 23.1 Å². The molecule has 10 heteroatoms. The zero-order valence-electron chi connectivity index (χ0n) is 17.2. The Morgan fingerprint density at radius 1 is 1.24 bits per heavy atom. The summed E-state index contributed by atoms with van der Waals surface area (Å²) in [6, 6.07) is 9.81. The summed E-state index contributed by atoms with van der Waals surface area (Å²) in [7, 11) is 0. The third kappa shape index (κ3) is 3.24. The Labute approximate surface area is 194 Å². The van der Waals surface area contributed by atoms with Crippen LogP contribution in [0.2, 0.25) is 0 Å². The van der Waals surface area contributed by atoms with Crippen molar-refractivity contribution in [3.63, 3.8) is 0 Å². The molecule has 33 heavy (non-hydrogen) atoms. The summed E-state index contributed by atoms with van der Waals surface area (Å²) in [6.45, 7) is 0.101. The molecule has 2 aromatic carbocycles. The summed E-state index contributed by atoms with van der Waals surface area (Å²) in [6.07, 6.45) is -4.25. The standard InChI is InChI=1S/C23H18BrF4N3O2/c24-18-19-13(11-30-31(19)16-3-1-15(25)2-4-16)9-17-20(18)33-8-5-14-10-22(32,23(26,27)28)7-6-21(14,17)12-29/h1-4,9,11,14,32H,5-8,10H2/t14-,21+,22-/m0/s1. The minimum atomic E-state index is -4.77. The number of benzene rings is 2. The molecule has 1 aromatic heterocycles. The molecule has 1 N–H and O–H groups in total. The predicted molar refractivity (Wildman–Crippen MR) is 114 cm³/mol. The lowest BCUT2D eigenvalue weighted by molar-refractivity contribution is -0.277. The topological polar surface area (TPSA) is 71.1 Å². The maximum atomic E-state index is 13.6. The van der Waals surface area contributed by atoms with Gasteiger partial charge in [0, 0.05) is 10.9 Å². The lowest BCUT2D eigenvalue weighted by Crippen LogP contribution is -2.54. The van der Waals surface area contributed by atoms with Crippen molar-refractivity contribution in [3.8, 4) is 17.5 Å². The van der Waals surface area contributed by atoms with Gasteiger partial charge in [0.15, 0.2) is 5.60 Å². The van der Waals surface area contributed by atoms with Crippen LogP contribution in [0.4, 0.5) is 17.6 Å². The van der Waals surface area contributed by atoms with E-state index in [1.165, 1.54) is 12.1 Å². The Morgan fingerprint density at radius 3 is 2.64 bits per heavy atom. The monoisotopic (exact) mass is 523 g/mol. The van der Waals surface area contributed by atoms with Crippen LogP contribution < -0.4 is 4.74 Å². The number of nitriles is 1. The van der Waals surface area contributed by atoms with Gasteiger partial charge in [0.2, 0.25) is 0 Å². The van der Waals surface area contributed by atoms with Gasteiger partial charge < -0.3 is 9.84 Å². The highest BCUT2D eigenvalue weighted by Gasteiger charge is 2.61. The quantitative estimate of drug-likeness (QED) is 0.423. The number of nitrogens with zero attached hydrogens (tertiary/aromatic N) is 3. The number of rotatable bonds is 1. The number of ether oxygens (including phenoxy) is 1. The van der Waals surface area contributed by atoms with Gasteiger partial charge in [0.25, 0.3) is 0 Å². The summed E-state index contributed by atoms with van der Waals surface area (Å²) in [4.78, 5) is 0. The first-order valence-corrected chi connectivity index (χ1v) is 11.2. The number of alkyl halides is 3. The fraction of sp³-hybridized carbons (Fsp3) is 0.391. The summed E-state index contributed by atoms with van der Waals surface area (Å²) in [5, 5.41) is 25.6. The average Bonchev–Trinajstić information content (AvgIpc) is 3.12. The van der Waals surface area contributed by atoms with E-state index in [2.05, 4.69) is 27.1 Å². The first-order chi connectivity index (χ1) is 15.6. The van der Waals surface area contributed by atoms with Gasteiger partial charge in [0.1, 0.15) is 11.6 Å². The van der Waals surface area contributed by atoms with E-state index in [0.29, 0.717) is 32.4 Å². The molecular formula is C23H18BrF4N3O2. The molecule has 3 atom stereocenters. The highest BCUT2D eigenvalue weighted by atomic mass is 79.9. The summed E-state index contributed by atoms with van der Waals surface area (Å²) < 4.78 is 62.2. The van der Waals surface area contributed by atoms with E-state index < -0.39 is 36.0 Å². The summed E-state index contributed by atoms with van der Waals surface area (Å²) in [5.74, 6) is -0.738. The highest BCUT2D eigenvalue weighted by Crippen LogP contribution is 2.57. The molecular weight excluding hydrogens is 506 g/mol. The normalized spacial score (nSPS) is 27.2. The molecule has 2 aliphatic rings. The minimum Gasteiger partial charge on any atom is -0.492 e. The van der Waals surface area contributed by atoms with Crippen molar-refractivity contribution >= 4 is 26.8 Å². The molecule has 172 valence electrons. The van der Waals surface area contributed by atoms with Gasteiger partial charge in [-0.25, -0.2) is 9.07 Å². The van der Waals surface area contributed by atoms with Crippen LogP contribution in [0.5, 0.6) is 5.75 Å². The van der Waals surface area contributed by atoms with Gasteiger partial charge in [-0.05, 0) is 77.9 Å². The zero-order chi connectivity index (χ0) is 23.6. The van der Waals surface area contributed by atoms with Crippen molar-refractivity contribution in [2.24, 2.45) is 5.92 Å². The second-order valence-corrected chi connectivity index (χ2v) is 9.48. The Kier molecular flexibility index (Phi) is 4.99. The average molecular weight is 524 g/mol. The Bertz CT molecular complexity index is 1280. The van der Waals surface area contributed by atoms with E-state index >= 15 is 0 Å². The van der Waals surface area contributed by atoms with E-state index in [1.807, 2.05) is 0 Å². The maximum absolute atomic E-state index is 13.6. The van der Waals surface area contributed by atoms with Gasteiger partial charge in [0.05, 0.1) is 40.0 Å². The van der Waals surface area contributed by atoms with Crippen LogP contribution in [-0.4, -0.2) is 33.3 Å². The molecule has 0 saturated heterocycles. The highest BCUT2D eigenvalue weighted by molar-refractivity contribution is 9.10. The molecule has 0 spiro atoms. The van der Waals surface area contributed by atoms with E-state index in [0.717, 1.165) is 0 Å². The molecule has 1 aliphatic heterocycles. The smallest absolute Gasteiger partial charge is 0.417 e. The molecule has 0 unspecified atom stereocenters. The third-order valence-electron chi connectivity index (χ3n) is 6.95. The molecule has 1 saturated carbocycles. The van der Waals surface area contributed by atoms with Crippen molar-refractivity contribution in [1.29, 1.82) is 5.26 Å². The lowest BCUT2D eigenvalue weighted by atomic mass is 9.58. The van der Waals surface area contributed by atoms with Crippen LogP contribution in [0.3, 0.4) is 0 Å². The Hall–Kier alpha value is -2.64. The fourth-order valence-corrected chi connectivity index (χ4v) is 5.87. The van der Waals surface area contributed by atoms with Gasteiger partial charge in [-0.15, -0.1) is 0 Å². The summed E-state index contributed by atoms with van der Waals surface area (Å²) in [5.41, 5.74) is -2.32. The first-order valence-electron chi connectivity index (χ1n) is 10.4. The summed E-state index contributed by atoms with van der Waals surface area (Å²) >= 11 is 3.57. The number of halogens is 5. The van der Waals surface area contributed by atoms with Crippen LogP contribution in [0.15, 0.2) is 41.0 Å². The first kappa shape index (κ1) is 22.2. The molecule has 5 rings (SSSR count). The number of hydrogen-bond donors (Lipinski definition) is 1. The minimum absolute atomic E-state index is 0.101. The second kappa shape index (κ2) is 7.43. The van der Waals surface area contributed by atoms with Crippen molar-refractivity contribution in [2.45, 2.75) is 42.9 Å². The molecule has 0 radical (unpaired) electrons. The zero-order valence-corrected chi connectivity index (χ0v) is 18.7. The van der Waals surface area contributed by atoms with Gasteiger partial charge in [-0.2, -0.15) is 23.5 Å². The number of aromatic nitrogens is 2.